The Labute approximate surface area is 182 Å². The van der Waals surface area contributed by atoms with E-state index < -0.39 is 0 Å². The van der Waals surface area contributed by atoms with Crippen LogP contribution in [0.5, 0.6) is 5.75 Å². The molecule has 0 spiro atoms. The van der Waals surface area contributed by atoms with Gasteiger partial charge in [-0.1, -0.05) is 56.3 Å². The van der Waals surface area contributed by atoms with Crippen molar-refractivity contribution in [2.24, 2.45) is 5.92 Å². The summed E-state index contributed by atoms with van der Waals surface area (Å²) in [5.74, 6) is 1.14. The summed E-state index contributed by atoms with van der Waals surface area (Å²) >= 11 is 5.24. The molecular formula is C25H26N2O2S. The highest BCUT2D eigenvalue weighted by molar-refractivity contribution is 7.80. The largest absolute Gasteiger partial charge is 0.494 e. The number of carbonyl (C=O) groups is 1. The molecule has 1 amide bonds. The van der Waals surface area contributed by atoms with E-state index in [-0.39, 0.29) is 11.0 Å². The topological polar surface area (TPSA) is 50.4 Å². The lowest BCUT2D eigenvalue weighted by atomic mass is 10.0. The number of ether oxygens (including phenoxy) is 1. The fourth-order valence-corrected chi connectivity index (χ4v) is 3.14. The molecule has 0 saturated carbocycles. The summed E-state index contributed by atoms with van der Waals surface area (Å²) in [6, 6.07) is 21.6. The fraction of sp³-hybridized carbons (Fsp3) is 0.200. The van der Waals surface area contributed by atoms with E-state index in [1.54, 1.807) is 6.08 Å². The van der Waals surface area contributed by atoms with Gasteiger partial charge in [-0.05, 0) is 71.2 Å². The number of benzene rings is 3. The number of hydrogen-bond donors (Lipinski definition) is 2. The van der Waals surface area contributed by atoms with Gasteiger partial charge in [-0.15, -0.1) is 0 Å². The van der Waals surface area contributed by atoms with Gasteiger partial charge in [-0.2, -0.15) is 0 Å². The number of hydrogen-bond acceptors (Lipinski definition) is 3. The summed E-state index contributed by atoms with van der Waals surface area (Å²) in [4.78, 5) is 12.2. The fourth-order valence-electron chi connectivity index (χ4n) is 2.92. The molecule has 0 heterocycles. The molecule has 0 aliphatic rings. The number of nitrogens with one attached hydrogen (secondary N) is 2. The Kier molecular flexibility index (Phi) is 7.57. The molecule has 30 heavy (non-hydrogen) atoms. The highest BCUT2D eigenvalue weighted by atomic mass is 32.1. The van der Waals surface area contributed by atoms with Gasteiger partial charge in [0.15, 0.2) is 5.11 Å². The summed E-state index contributed by atoms with van der Waals surface area (Å²) < 4.78 is 5.71. The van der Waals surface area contributed by atoms with Crippen molar-refractivity contribution in [3.05, 3.63) is 78.4 Å². The number of anilines is 1. The Morgan fingerprint density at radius 2 is 1.77 bits per heavy atom. The van der Waals surface area contributed by atoms with Crippen LogP contribution in [-0.4, -0.2) is 17.6 Å². The van der Waals surface area contributed by atoms with Crippen molar-refractivity contribution in [3.8, 4) is 5.75 Å². The smallest absolute Gasteiger partial charge is 0.250 e. The maximum Gasteiger partial charge on any atom is 0.250 e. The van der Waals surface area contributed by atoms with E-state index in [2.05, 4.69) is 24.5 Å². The predicted octanol–water partition coefficient (Wildman–Crippen LogP) is 5.79. The number of amides is 1. The van der Waals surface area contributed by atoms with E-state index in [1.807, 2.05) is 66.7 Å². The van der Waals surface area contributed by atoms with Crippen LogP contribution in [0.25, 0.3) is 16.8 Å². The van der Waals surface area contributed by atoms with Crippen LogP contribution in [0.15, 0.2) is 72.8 Å². The first-order valence-corrected chi connectivity index (χ1v) is 10.4. The lowest BCUT2D eigenvalue weighted by molar-refractivity contribution is -0.115. The van der Waals surface area contributed by atoms with Crippen LogP contribution in [0.3, 0.4) is 0 Å². The molecule has 3 rings (SSSR count). The SMILES string of the molecule is CC(C)CCOc1ccc(NC(=S)NC(=O)C=Cc2cccc3ccccc23)cc1. The van der Waals surface area contributed by atoms with Crippen LogP contribution in [0.1, 0.15) is 25.8 Å². The predicted molar refractivity (Wildman–Crippen MR) is 129 cm³/mol. The van der Waals surface area contributed by atoms with Gasteiger partial charge >= 0.3 is 0 Å². The number of carbonyl (C=O) groups excluding carboxylic acids is 1. The van der Waals surface area contributed by atoms with E-state index in [9.17, 15) is 4.79 Å². The molecule has 0 aliphatic carbocycles. The molecule has 0 radical (unpaired) electrons. The van der Waals surface area contributed by atoms with Crippen LogP contribution in [0, 0.1) is 5.92 Å². The molecule has 0 fully saturated rings. The number of fused-ring (bicyclic) bond motifs is 1. The summed E-state index contributed by atoms with van der Waals surface area (Å²) in [6.07, 6.45) is 4.30. The Morgan fingerprint density at radius 1 is 1.03 bits per heavy atom. The zero-order valence-corrected chi connectivity index (χ0v) is 18.0. The van der Waals surface area contributed by atoms with Crippen LogP contribution in [0.2, 0.25) is 0 Å². The molecule has 0 saturated heterocycles. The zero-order chi connectivity index (χ0) is 21.3. The Balaban J connectivity index is 1.52. The quantitative estimate of drug-likeness (QED) is 0.377. The van der Waals surface area contributed by atoms with Gasteiger partial charge in [0.1, 0.15) is 5.75 Å². The van der Waals surface area contributed by atoms with E-state index in [1.165, 1.54) is 6.08 Å². The van der Waals surface area contributed by atoms with Gasteiger partial charge in [-0.3, -0.25) is 10.1 Å². The maximum absolute atomic E-state index is 12.2. The van der Waals surface area contributed by atoms with Crippen LogP contribution in [0.4, 0.5) is 5.69 Å². The monoisotopic (exact) mass is 418 g/mol. The number of rotatable bonds is 7. The lowest BCUT2D eigenvalue weighted by Gasteiger charge is -2.10. The summed E-state index contributed by atoms with van der Waals surface area (Å²) in [5.41, 5.74) is 1.77. The molecule has 154 valence electrons. The Bertz CT molecular complexity index is 1040. The van der Waals surface area contributed by atoms with Gasteiger partial charge in [0, 0.05) is 11.8 Å². The van der Waals surface area contributed by atoms with Crippen molar-refractivity contribution < 1.29 is 9.53 Å². The first-order valence-electron chi connectivity index (χ1n) is 10.0. The van der Waals surface area contributed by atoms with Gasteiger partial charge in [0.2, 0.25) is 5.91 Å². The minimum Gasteiger partial charge on any atom is -0.494 e. The molecule has 0 aliphatic heterocycles. The second-order valence-electron chi connectivity index (χ2n) is 7.40. The van der Waals surface area contributed by atoms with Gasteiger partial charge in [0.25, 0.3) is 0 Å². The maximum atomic E-state index is 12.2. The van der Waals surface area contributed by atoms with Crippen molar-refractivity contribution >= 4 is 45.8 Å². The van der Waals surface area contributed by atoms with E-state index >= 15 is 0 Å². The van der Waals surface area contributed by atoms with Gasteiger partial charge in [-0.25, -0.2) is 0 Å². The van der Waals surface area contributed by atoms with E-state index in [4.69, 9.17) is 17.0 Å². The van der Waals surface area contributed by atoms with Crippen LogP contribution < -0.4 is 15.4 Å². The highest BCUT2D eigenvalue weighted by Crippen LogP contribution is 2.19. The molecular weight excluding hydrogens is 392 g/mol. The first-order chi connectivity index (χ1) is 14.5. The average molecular weight is 419 g/mol. The third-order valence-electron chi connectivity index (χ3n) is 4.55. The highest BCUT2D eigenvalue weighted by Gasteiger charge is 2.04. The molecule has 0 aromatic heterocycles. The Hall–Kier alpha value is -3.18. The minimum absolute atomic E-state index is 0.246. The zero-order valence-electron chi connectivity index (χ0n) is 17.2. The molecule has 5 heteroatoms. The lowest BCUT2D eigenvalue weighted by Crippen LogP contribution is -2.32. The molecule has 2 N–H and O–H groups in total. The van der Waals surface area contributed by atoms with Crippen LogP contribution >= 0.6 is 12.2 Å². The normalized spacial score (nSPS) is 11.0. The molecule has 4 nitrogen and oxygen atoms in total. The van der Waals surface area contributed by atoms with Crippen molar-refractivity contribution in [3.63, 3.8) is 0 Å². The van der Waals surface area contributed by atoms with E-state index in [0.717, 1.165) is 34.2 Å². The minimum atomic E-state index is -0.283. The summed E-state index contributed by atoms with van der Waals surface area (Å²) in [7, 11) is 0. The van der Waals surface area contributed by atoms with Gasteiger partial charge < -0.3 is 10.1 Å². The van der Waals surface area contributed by atoms with Crippen molar-refractivity contribution in [1.82, 2.24) is 5.32 Å². The number of thiocarbonyl (C=S) groups is 1. The molecule has 0 atom stereocenters. The second kappa shape index (κ2) is 10.6. The molecule has 0 bridgehead atoms. The standard InChI is InChI=1S/C25H26N2O2S/c1-18(2)16-17-29-22-13-11-21(12-14-22)26-25(30)27-24(28)15-10-20-8-5-7-19-6-3-4-9-23(19)20/h3-15,18H,16-17H2,1-2H3,(H2,26,27,28,30). The average Bonchev–Trinajstić information content (AvgIpc) is 2.73. The third-order valence-corrected chi connectivity index (χ3v) is 4.75. The van der Waals surface area contributed by atoms with Crippen LogP contribution in [-0.2, 0) is 4.79 Å². The molecule has 0 unspecified atom stereocenters. The van der Waals surface area contributed by atoms with Crippen molar-refractivity contribution in [2.75, 3.05) is 11.9 Å². The Morgan fingerprint density at radius 3 is 2.53 bits per heavy atom. The van der Waals surface area contributed by atoms with Crippen molar-refractivity contribution in [2.45, 2.75) is 20.3 Å². The molecule has 3 aromatic rings. The van der Waals surface area contributed by atoms with E-state index in [0.29, 0.717) is 12.5 Å². The third kappa shape index (κ3) is 6.42. The molecule has 3 aromatic carbocycles. The van der Waals surface area contributed by atoms with Crippen molar-refractivity contribution in [1.29, 1.82) is 0 Å². The first kappa shape index (κ1) is 21.5. The summed E-state index contributed by atoms with van der Waals surface area (Å²) in [5, 5.41) is 8.16. The van der Waals surface area contributed by atoms with Gasteiger partial charge in [0.05, 0.1) is 6.61 Å². The summed E-state index contributed by atoms with van der Waals surface area (Å²) in [6.45, 7) is 5.04. The second-order valence-corrected chi connectivity index (χ2v) is 7.81.